The van der Waals surface area contributed by atoms with E-state index >= 15 is 0 Å². The SMILES string of the molecule is Cc1c2c(c(Nc3ccc(O)cc3)n1Cc1ccc(Cl)nc1)C(=O)N(C)C1=NC3CCCCC3N12. The molecule has 35 heavy (non-hydrogen) atoms. The normalized spacial score (nSPS) is 20.9. The minimum absolute atomic E-state index is 0.0778. The fraction of sp³-hybridized carbons (Fsp3) is 0.346. The molecular weight excluding hydrogens is 464 g/mol. The maximum Gasteiger partial charge on any atom is 0.266 e. The van der Waals surface area contributed by atoms with E-state index in [2.05, 4.69) is 26.7 Å². The molecule has 1 aliphatic carbocycles. The monoisotopic (exact) mass is 490 g/mol. The van der Waals surface area contributed by atoms with Crippen molar-refractivity contribution < 1.29 is 9.90 Å². The molecule has 0 spiro atoms. The van der Waals surface area contributed by atoms with Gasteiger partial charge in [-0.1, -0.05) is 30.5 Å². The number of hydrogen-bond acceptors (Lipinski definition) is 6. The Labute approximate surface area is 208 Å². The molecule has 0 saturated heterocycles. The van der Waals surface area contributed by atoms with Crippen LogP contribution in [0.15, 0.2) is 47.6 Å². The number of phenolic OH excluding ortho intramolecular Hbond substituents is 1. The van der Waals surface area contributed by atoms with E-state index in [0.29, 0.717) is 23.1 Å². The minimum Gasteiger partial charge on any atom is -0.508 e. The number of fused-ring (bicyclic) bond motifs is 5. The Bertz CT molecular complexity index is 1330. The number of nitrogens with one attached hydrogen (secondary N) is 1. The van der Waals surface area contributed by atoms with Crippen LogP contribution in [0.1, 0.15) is 47.3 Å². The first-order valence-corrected chi connectivity index (χ1v) is 12.3. The molecule has 3 aromatic rings. The van der Waals surface area contributed by atoms with Crippen molar-refractivity contribution in [2.45, 2.75) is 51.2 Å². The van der Waals surface area contributed by atoms with Crippen LogP contribution >= 0.6 is 11.6 Å². The maximum atomic E-state index is 13.8. The number of aromatic nitrogens is 2. The lowest BCUT2D eigenvalue weighted by Gasteiger charge is -2.38. The van der Waals surface area contributed by atoms with Crippen molar-refractivity contribution in [1.82, 2.24) is 14.5 Å². The second-order valence-electron chi connectivity index (χ2n) is 9.49. The fourth-order valence-corrected chi connectivity index (χ4v) is 5.70. The van der Waals surface area contributed by atoms with Gasteiger partial charge in [-0.3, -0.25) is 9.69 Å². The zero-order valence-electron chi connectivity index (χ0n) is 19.7. The van der Waals surface area contributed by atoms with Gasteiger partial charge in [-0.05, 0) is 55.7 Å². The molecule has 2 atom stereocenters. The minimum atomic E-state index is -0.0778. The quantitative estimate of drug-likeness (QED) is 0.400. The van der Waals surface area contributed by atoms with Gasteiger partial charge in [0.15, 0.2) is 0 Å². The lowest BCUT2D eigenvalue weighted by atomic mass is 9.90. The molecular formula is C26H27ClN6O2. The highest BCUT2D eigenvalue weighted by atomic mass is 35.5. The lowest BCUT2D eigenvalue weighted by molar-refractivity contribution is 0.0866. The van der Waals surface area contributed by atoms with Gasteiger partial charge in [-0.25, -0.2) is 9.98 Å². The average molecular weight is 491 g/mol. The van der Waals surface area contributed by atoms with Crippen molar-refractivity contribution in [3.05, 3.63) is 64.6 Å². The zero-order chi connectivity index (χ0) is 24.3. The standard InChI is InChI=1S/C26H27ClN6O2/c1-15-23-22(25(35)31(2)26-30-19-5-3-4-6-20(19)33(23)26)24(29-17-8-10-18(34)11-9-17)32(15)14-16-7-12-21(27)28-13-16/h7-13,19-20,29,34H,3-6,14H2,1-2H3. The van der Waals surface area contributed by atoms with E-state index in [1.807, 2.05) is 13.1 Å². The summed E-state index contributed by atoms with van der Waals surface area (Å²) in [7, 11) is 1.81. The van der Waals surface area contributed by atoms with Crippen molar-refractivity contribution in [3.63, 3.8) is 0 Å². The van der Waals surface area contributed by atoms with E-state index in [9.17, 15) is 9.90 Å². The van der Waals surface area contributed by atoms with Crippen molar-refractivity contribution in [1.29, 1.82) is 0 Å². The Morgan fingerprint density at radius 3 is 2.66 bits per heavy atom. The number of aliphatic imine (C=N–C) groups is 1. The van der Waals surface area contributed by atoms with E-state index in [0.717, 1.165) is 41.4 Å². The predicted octanol–water partition coefficient (Wildman–Crippen LogP) is 4.92. The Hall–Kier alpha value is -3.52. The molecule has 0 radical (unpaired) electrons. The molecule has 1 amide bonds. The molecule has 6 rings (SSSR count). The number of phenols is 1. The number of hydrogen-bond donors (Lipinski definition) is 2. The summed E-state index contributed by atoms with van der Waals surface area (Å²) in [6.07, 6.45) is 6.22. The van der Waals surface area contributed by atoms with Gasteiger partial charge in [-0.15, -0.1) is 0 Å². The van der Waals surface area contributed by atoms with Crippen LogP contribution in [0.2, 0.25) is 5.15 Å². The number of benzene rings is 1. The van der Waals surface area contributed by atoms with E-state index in [1.54, 1.807) is 41.4 Å². The molecule has 2 N–H and O–H groups in total. The first kappa shape index (κ1) is 22.0. The molecule has 2 unspecified atom stereocenters. The average Bonchev–Trinajstić information content (AvgIpc) is 3.36. The van der Waals surface area contributed by atoms with Crippen LogP contribution in [0.4, 0.5) is 17.2 Å². The van der Waals surface area contributed by atoms with Crippen LogP contribution < -0.4 is 10.2 Å². The number of carbonyl (C=O) groups excluding carboxylic acids is 1. The fourth-order valence-electron chi connectivity index (χ4n) is 5.59. The third-order valence-electron chi connectivity index (χ3n) is 7.33. The van der Waals surface area contributed by atoms with E-state index in [-0.39, 0.29) is 23.7 Å². The largest absolute Gasteiger partial charge is 0.508 e. The molecule has 4 heterocycles. The Morgan fingerprint density at radius 2 is 1.91 bits per heavy atom. The van der Waals surface area contributed by atoms with Gasteiger partial charge in [0.05, 0.1) is 24.3 Å². The first-order valence-electron chi connectivity index (χ1n) is 12.0. The van der Waals surface area contributed by atoms with Crippen molar-refractivity contribution >= 4 is 40.7 Å². The van der Waals surface area contributed by atoms with E-state index in [4.69, 9.17) is 16.6 Å². The topological polar surface area (TPSA) is 86.0 Å². The number of halogens is 1. The Morgan fingerprint density at radius 1 is 1.14 bits per heavy atom. The van der Waals surface area contributed by atoms with Gasteiger partial charge >= 0.3 is 0 Å². The molecule has 9 heteroatoms. The molecule has 0 bridgehead atoms. The molecule has 1 fully saturated rings. The van der Waals surface area contributed by atoms with Crippen molar-refractivity contribution in [2.75, 3.05) is 17.3 Å². The number of guanidine groups is 1. The van der Waals surface area contributed by atoms with Gasteiger partial charge in [0.1, 0.15) is 22.3 Å². The van der Waals surface area contributed by atoms with E-state index < -0.39 is 0 Å². The van der Waals surface area contributed by atoms with Crippen LogP contribution in [-0.4, -0.2) is 50.6 Å². The summed E-state index contributed by atoms with van der Waals surface area (Å²) < 4.78 is 2.13. The summed E-state index contributed by atoms with van der Waals surface area (Å²) in [4.78, 5) is 27.0. The van der Waals surface area contributed by atoms with Gasteiger partial charge in [0, 0.05) is 24.6 Å². The van der Waals surface area contributed by atoms with Gasteiger partial charge in [0.2, 0.25) is 5.96 Å². The second-order valence-corrected chi connectivity index (χ2v) is 9.87. The number of amides is 1. The smallest absolute Gasteiger partial charge is 0.266 e. The summed E-state index contributed by atoms with van der Waals surface area (Å²) in [6.45, 7) is 2.59. The summed E-state index contributed by atoms with van der Waals surface area (Å²) >= 11 is 6.02. The van der Waals surface area contributed by atoms with Crippen LogP contribution in [0.5, 0.6) is 5.75 Å². The molecule has 180 valence electrons. The summed E-state index contributed by atoms with van der Waals surface area (Å²) in [6, 6.07) is 11.1. The number of pyridine rings is 1. The third-order valence-corrected chi connectivity index (χ3v) is 7.56. The van der Waals surface area contributed by atoms with Crippen molar-refractivity contribution in [3.8, 4) is 5.75 Å². The van der Waals surface area contributed by atoms with Crippen LogP contribution in [0.3, 0.4) is 0 Å². The number of aromatic hydroxyl groups is 1. The third kappa shape index (κ3) is 3.55. The van der Waals surface area contributed by atoms with Gasteiger partial charge in [0.25, 0.3) is 5.91 Å². The molecule has 1 saturated carbocycles. The van der Waals surface area contributed by atoms with Crippen LogP contribution in [0, 0.1) is 6.92 Å². The number of rotatable bonds is 4. The number of anilines is 3. The predicted molar refractivity (Wildman–Crippen MR) is 137 cm³/mol. The maximum absolute atomic E-state index is 13.8. The molecule has 2 aliphatic heterocycles. The Balaban J connectivity index is 1.52. The highest BCUT2D eigenvalue weighted by Gasteiger charge is 2.48. The number of carbonyl (C=O) groups is 1. The van der Waals surface area contributed by atoms with Crippen LogP contribution in [-0.2, 0) is 6.54 Å². The summed E-state index contributed by atoms with van der Waals surface area (Å²) in [5, 5.41) is 13.7. The highest BCUT2D eigenvalue weighted by molar-refractivity contribution is 6.29. The van der Waals surface area contributed by atoms with Crippen molar-refractivity contribution in [2.24, 2.45) is 4.99 Å². The summed E-state index contributed by atoms with van der Waals surface area (Å²) in [5.74, 6) is 1.58. The molecule has 1 aromatic carbocycles. The summed E-state index contributed by atoms with van der Waals surface area (Å²) in [5.41, 5.74) is 4.34. The molecule has 3 aliphatic rings. The van der Waals surface area contributed by atoms with Gasteiger partial charge in [-0.2, -0.15) is 0 Å². The lowest BCUT2D eigenvalue weighted by Crippen LogP contribution is -2.52. The second kappa shape index (κ2) is 8.30. The number of nitrogens with zero attached hydrogens (tertiary/aromatic N) is 5. The van der Waals surface area contributed by atoms with E-state index in [1.165, 1.54) is 12.8 Å². The highest BCUT2D eigenvalue weighted by Crippen LogP contribution is 2.46. The zero-order valence-corrected chi connectivity index (χ0v) is 20.5. The van der Waals surface area contributed by atoms with Gasteiger partial charge < -0.3 is 19.9 Å². The Kier molecular flexibility index (Phi) is 5.21. The first-order chi connectivity index (χ1) is 16.9. The van der Waals surface area contributed by atoms with Crippen LogP contribution in [0.25, 0.3) is 0 Å². The molecule has 2 aromatic heterocycles. The molecule has 8 nitrogen and oxygen atoms in total.